The van der Waals surface area contributed by atoms with Gasteiger partial charge in [0.15, 0.2) is 0 Å². The second-order valence-corrected chi connectivity index (χ2v) is 4.04. The topological polar surface area (TPSA) is 33.3 Å². The van der Waals surface area contributed by atoms with Gasteiger partial charge in [0.1, 0.15) is 0 Å². The first-order valence-corrected chi connectivity index (χ1v) is 5.55. The van der Waals surface area contributed by atoms with Gasteiger partial charge in [0, 0.05) is 0 Å². The Morgan fingerprint density at radius 1 is 0.647 bits per heavy atom. The predicted octanol–water partition coefficient (Wildman–Crippen LogP) is 3.67. The number of benzene rings is 2. The fraction of sp³-hybridized carbons (Fsp3) is 0.143. The molecule has 0 unspecified atom stereocenters. The number of rotatable bonds is 4. The smallest absolute Gasteiger partial charge is 0.0629 e. The Balaban J connectivity index is 1.83. The first-order chi connectivity index (χ1) is 8.24. The van der Waals surface area contributed by atoms with Crippen molar-refractivity contribution in [2.75, 3.05) is 11.0 Å². The zero-order valence-corrected chi connectivity index (χ0v) is 10.0. The Kier molecular flexibility index (Phi) is 3.62. The molecule has 3 nitrogen and oxygen atoms in total. The number of hydrogen-bond acceptors (Lipinski definition) is 3. The van der Waals surface area contributed by atoms with Crippen molar-refractivity contribution in [2.45, 2.75) is 13.8 Å². The molecular formula is C14H16N2O. The summed E-state index contributed by atoms with van der Waals surface area (Å²) >= 11 is 0. The molecule has 2 rings (SSSR count). The molecule has 0 amide bonds. The van der Waals surface area contributed by atoms with Crippen molar-refractivity contribution in [3.63, 3.8) is 0 Å². The maximum Gasteiger partial charge on any atom is 0.0629 e. The van der Waals surface area contributed by atoms with Gasteiger partial charge in [0.2, 0.25) is 0 Å². The molecule has 0 aliphatic carbocycles. The predicted molar refractivity (Wildman–Crippen MR) is 70.7 cm³/mol. The fourth-order valence-corrected chi connectivity index (χ4v) is 1.39. The second-order valence-electron chi connectivity index (χ2n) is 4.04. The van der Waals surface area contributed by atoms with Crippen LogP contribution in [0, 0.1) is 13.8 Å². The summed E-state index contributed by atoms with van der Waals surface area (Å²) in [6.45, 7) is 4.10. The van der Waals surface area contributed by atoms with E-state index in [0.717, 1.165) is 11.4 Å². The maximum atomic E-state index is 5.19. The summed E-state index contributed by atoms with van der Waals surface area (Å²) in [5, 5.41) is 0. The third-order valence-corrected chi connectivity index (χ3v) is 2.44. The van der Waals surface area contributed by atoms with E-state index in [-0.39, 0.29) is 0 Å². The molecule has 0 radical (unpaired) electrons. The van der Waals surface area contributed by atoms with Crippen LogP contribution in [0.2, 0.25) is 0 Å². The van der Waals surface area contributed by atoms with E-state index >= 15 is 0 Å². The monoisotopic (exact) mass is 228 g/mol. The first kappa shape index (κ1) is 11.5. The van der Waals surface area contributed by atoms with Crippen LogP contribution in [0.4, 0.5) is 11.4 Å². The summed E-state index contributed by atoms with van der Waals surface area (Å²) in [7, 11) is 0. The molecule has 0 fully saturated rings. The van der Waals surface area contributed by atoms with Gasteiger partial charge in [-0.05, 0) is 38.1 Å². The van der Waals surface area contributed by atoms with Crippen LogP contribution in [0.5, 0.6) is 0 Å². The SMILES string of the molecule is Cc1ccc(NONc2ccc(C)cc2)cc1. The van der Waals surface area contributed by atoms with E-state index in [1.54, 1.807) is 0 Å². The van der Waals surface area contributed by atoms with E-state index in [1.165, 1.54) is 11.1 Å². The van der Waals surface area contributed by atoms with E-state index in [9.17, 15) is 0 Å². The summed E-state index contributed by atoms with van der Waals surface area (Å²) in [5.41, 5.74) is 9.92. The molecule has 88 valence electrons. The van der Waals surface area contributed by atoms with Gasteiger partial charge in [0.25, 0.3) is 0 Å². The van der Waals surface area contributed by atoms with E-state index < -0.39 is 0 Å². The summed E-state index contributed by atoms with van der Waals surface area (Å²) in [5.74, 6) is 0. The van der Waals surface area contributed by atoms with Crippen molar-refractivity contribution in [1.29, 1.82) is 0 Å². The van der Waals surface area contributed by atoms with E-state index in [4.69, 9.17) is 4.94 Å². The Morgan fingerprint density at radius 3 is 1.35 bits per heavy atom. The van der Waals surface area contributed by atoms with E-state index in [2.05, 4.69) is 24.8 Å². The molecule has 0 spiro atoms. The van der Waals surface area contributed by atoms with Crippen LogP contribution in [-0.2, 0) is 4.94 Å². The van der Waals surface area contributed by atoms with Gasteiger partial charge in [-0.2, -0.15) is 4.94 Å². The number of anilines is 2. The summed E-state index contributed by atoms with van der Waals surface area (Å²) < 4.78 is 0. The Bertz CT molecular complexity index is 417. The summed E-state index contributed by atoms with van der Waals surface area (Å²) in [6, 6.07) is 16.0. The van der Waals surface area contributed by atoms with Crippen LogP contribution in [0.3, 0.4) is 0 Å². The molecule has 0 atom stereocenters. The average molecular weight is 228 g/mol. The van der Waals surface area contributed by atoms with E-state index in [1.807, 2.05) is 48.5 Å². The largest absolute Gasteiger partial charge is 0.242 e. The molecule has 0 aliphatic rings. The van der Waals surface area contributed by atoms with Gasteiger partial charge in [-0.3, -0.25) is 0 Å². The van der Waals surface area contributed by atoms with Gasteiger partial charge >= 0.3 is 0 Å². The third-order valence-electron chi connectivity index (χ3n) is 2.44. The lowest BCUT2D eigenvalue weighted by molar-refractivity contribution is 0.264. The zero-order chi connectivity index (χ0) is 12.1. The summed E-state index contributed by atoms with van der Waals surface area (Å²) in [4.78, 5) is 5.19. The standard InChI is InChI=1S/C14H16N2O/c1-11-3-7-13(8-4-11)15-17-16-14-9-5-12(2)6-10-14/h3-10,15-16H,1-2H3. The molecule has 0 saturated carbocycles. The highest BCUT2D eigenvalue weighted by molar-refractivity contribution is 5.44. The Morgan fingerprint density at radius 2 is 1.00 bits per heavy atom. The van der Waals surface area contributed by atoms with E-state index in [0.29, 0.717) is 0 Å². The molecule has 2 aromatic rings. The molecule has 2 N–H and O–H groups in total. The third kappa shape index (κ3) is 3.50. The molecule has 0 aromatic heterocycles. The molecule has 3 heteroatoms. The van der Waals surface area contributed by atoms with Crippen LogP contribution in [-0.4, -0.2) is 0 Å². The van der Waals surface area contributed by atoms with Gasteiger partial charge in [-0.1, -0.05) is 35.4 Å². The maximum absolute atomic E-state index is 5.19. The normalized spacial score (nSPS) is 10.0. The zero-order valence-electron chi connectivity index (χ0n) is 10.0. The van der Waals surface area contributed by atoms with Gasteiger partial charge in [0.05, 0.1) is 11.4 Å². The van der Waals surface area contributed by atoms with Gasteiger partial charge in [-0.15, -0.1) is 0 Å². The lowest BCUT2D eigenvalue weighted by Gasteiger charge is -2.08. The highest BCUT2D eigenvalue weighted by atomic mass is 16.8. The lowest BCUT2D eigenvalue weighted by atomic mass is 10.2. The van der Waals surface area contributed by atoms with Crippen molar-refractivity contribution < 1.29 is 4.94 Å². The second kappa shape index (κ2) is 5.37. The van der Waals surface area contributed by atoms with Crippen LogP contribution < -0.4 is 11.0 Å². The van der Waals surface area contributed by atoms with Gasteiger partial charge < -0.3 is 0 Å². The molecule has 17 heavy (non-hydrogen) atoms. The summed E-state index contributed by atoms with van der Waals surface area (Å²) in [6.07, 6.45) is 0. The van der Waals surface area contributed by atoms with Crippen molar-refractivity contribution in [3.8, 4) is 0 Å². The molecule has 2 aromatic carbocycles. The first-order valence-electron chi connectivity index (χ1n) is 5.55. The van der Waals surface area contributed by atoms with Crippen molar-refractivity contribution >= 4 is 11.4 Å². The van der Waals surface area contributed by atoms with Crippen molar-refractivity contribution in [2.24, 2.45) is 0 Å². The Hall–Kier alpha value is -2.00. The minimum atomic E-state index is 0.912. The average Bonchev–Trinajstić information content (AvgIpc) is 2.34. The highest BCUT2D eigenvalue weighted by Gasteiger charge is 1.93. The molecule has 0 bridgehead atoms. The number of aryl methyl sites for hydroxylation is 2. The minimum absolute atomic E-state index is 0.912. The molecule has 0 heterocycles. The highest BCUT2D eigenvalue weighted by Crippen LogP contribution is 2.11. The molecular weight excluding hydrogens is 212 g/mol. The van der Waals surface area contributed by atoms with Crippen LogP contribution in [0.1, 0.15) is 11.1 Å². The van der Waals surface area contributed by atoms with Crippen LogP contribution >= 0.6 is 0 Å². The lowest BCUT2D eigenvalue weighted by Crippen LogP contribution is -2.07. The number of hydrogen-bond donors (Lipinski definition) is 2. The van der Waals surface area contributed by atoms with Crippen LogP contribution in [0.15, 0.2) is 48.5 Å². The Labute approximate surface area is 101 Å². The van der Waals surface area contributed by atoms with Crippen LogP contribution in [0.25, 0.3) is 0 Å². The minimum Gasteiger partial charge on any atom is -0.242 e. The van der Waals surface area contributed by atoms with Crippen molar-refractivity contribution in [3.05, 3.63) is 59.7 Å². The molecule has 0 saturated heterocycles. The van der Waals surface area contributed by atoms with Gasteiger partial charge in [-0.25, -0.2) is 11.0 Å². The molecule has 0 aliphatic heterocycles. The van der Waals surface area contributed by atoms with Crippen molar-refractivity contribution in [1.82, 2.24) is 0 Å². The quantitative estimate of drug-likeness (QED) is 0.783. The number of nitrogens with one attached hydrogen (secondary N) is 2. The fourth-order valence-electron chi connectivity index (χ4n) is 1.39.